The van der Waals surface area contributed by atoms with Crippen LogP contribution >= 0.6 is 35.0 Å². The number of aromatic nitrogens is 1. The number of nitrogens with one attached hydrogen (secondary N) is 1. The number of thioether (sulfide) groups is 1. The molecular weight excluding hydrogens is 371 g/mol. The second-order valence-electron chi connectivity index (χ2n) is 5.04. The quantitative estimate of drug-likeness (QED) is 0.866. The van der Waals surface area contributed by atoms with Crippen LogP contribution in [0.1, 0.15) is 16.8 Å². The molecule has 1 fully saturated rings. The highest BCUT2D eigenvalue weighted by atomic mass is 35.5. The summed E-state index contributed by atoms with van der Waals surface area (Å²) < 4.78 is 5.56. The van der Waals surface area contributed by atoms with Gasteiger partial charge in [-0.1, -0.05) is 35.0 Å². The molecular formula is C16H12Cl2N2O3S. The van der Waals surface area contributed by atoms with Gasteiger partial charge >= 0.3 is 0 Å². The summed E-state index contributed by atoms with van der Waals surface area (Å²) in [5.41, 5.74) is 0.356. The molecule has 1 atom stereocenters. The number of pyridine rings is 1. The number of ether oxygens (including phenoxy) is 1. The summed E-state index contributed by atoms with van der Waals surface area (Å²) in [5.74, 6) is 1.11. The zero-order chi connectivity index (χ0) is 17.1. The minimum absolute atomic E-state index is 0.00589. The number of rotatable bonds is 4. The zero-order valence-corrected chi connectivity index (χ0v) is 14.6. The molecule has 1 aliphatic rings. The molecule has 8 heteroatoms. The Hall–Kier alpha value is -1.76. The van der Waals surface area contributed by atoms with E-state index in [2.05, 4.69) is 10.3 Å². The van der Waals surface area contributed by atoms with Crippen LogP contribution in [0.5, 0.6) is 11.6 Å². The third-order valence-corrected chi connectivity index (χ3v) is 4.89. The molecule has 1 amide bonds. The van der Waals surface area contributed by atoms with Gasteiger partial charge in [0, 0.05) is 23.0 Å². The zero-order valence-electron chi connectivity index (χ0n) is 12.3. The van der Waals surface area contributed by atoms with Crippen molar-refractivity contribution in [3.05, 3.63) is 52.1 Å². The van der Waals surface area contributed by atoms with E-state index in [-0.39, 0.29) is 11.0 Å². The predicted octanol–water partition coefficient (Wildman–Crippen LogP) is 3.94. The molecule has 0 aliphatic carbocycles. The van der Waals surface area contributed by atoms with Crippen LogP contribution in [0, 0.1) is 0 Å². The van der Waals surface area contributed by atoms with E-state index < -0.39 is 6.04 Å². The molecule has 0 spiro atoms. The molecule has 0 bridgehead atoms. The minimum Gasteiger partial charge on any atom is -0.437 e. The number of halogens is 2. The summed E-state index contributed by atoms with van der Waals surface area (Å²) in [6.07, 6.45) is 2.04. The molecule has 0 saturated carbocycles. The second-order valence-corrected chi connectivity index (χ2v) is 6.99. The second kappa shape index (κ2) is 7.42. The fraction of sp³-hybridized carbons (Fsp3) is 0.188. The maximum atomic E-state index is 12.1. The summed E-state index contributed by atoms with van der Waals surface area (Å²) in [5, 5.41) is 3.57. The Bertz CT molecular complexity index is 783. The van der Waals surface area contributed by atoms with E-state index in [1.165, 1.54) is 18.0 Å². The average Bonchev–Trinajstić information content (AvgIpc) is 2.96. The van der Waals surface area contributed by atoms with Crippen LogP contribution < -0.4 is 10.1 Å². The van der Waals surface area contributed by atoms with Crippen LogP contribution in [0.25, 0.3) is 0 Å². The molecule has 1 aromatic heterocycles. The molecule has 1 aromatic carbocycles. The van der Waals surface area contributed by atoms with E-state index in [1.807, 2.05) is 0 Å². The Balaban J connectivity index is 1.66. The Morgan fingerprint density at radius 1 is 1.29 bits per heavy atom. The lowest BCUT2D eigenvalue weighted by Gasteiger charge is -2.10. The van der Waals surface area contributed by atoms with Gasteiger partial charge in [-0.3, -0.25) is 9.59 Å². The molecule has 124 valence electrons. The van der Waals surface area contributed by atoms with Gasteiger partial charge in [-0.2, -0.15) is 0 Å². The largest absolute Gasteiger partial charge is 0.437 e. The molecule has 1 saturated heterocycles. The number of carbonyl (C=O) groups is 2. The lowest BCUT2D eigenvalue weighted by atomic mass is 10.2. The van der Waals surface area contributed by atoms with Gasteiger partial charge in [0.1, 0.15) is 5.75 Å². The summed E-state index contributed by atoms with van der Waals surface area (Å²) in [6, 6.07) is 7.57. The van der Waals surface area contributed by atoms with Gasteiger partial charge in [-0.05, 0) is 30.7 Å². The van der Waals surface area contributed by atoms with Gasteiger partial charge in [0.2, 0.25) is 11.0 Å². The Labute approximate surface area is 152 Å². The van der Waals surface area contributed by atoms with Crippen molar-refractivity contribution in [2.45, 2.75) is 12.5 Å². The maximum Gasteiger partial charge on any atom is 0.253 e. The van der Waals surface area contributed by atoms with E-state index in [0.29, 0.717) is 33.7 Å². The summed E-state index contributed by atoms with van der Waals surface area (Å²) in [4.78, 5) is 27.8. The fourth-order valence-corrected chi connectivity index (χ4v) is 3.49. The van der Waals surface area contributed by atoms with E-state index in [9.17, 15) is 9.59 Å². The molecule has 2 heterocycles. The van der Waals surface area contributed by atoms with Gasteiger partial charge in [0.05, 0.1) is 16.6 Å². The first kappa shape index (κ1) is 17.1. The Morgan fingerprint density at radius 2 is 2.12 bits per heavy atom. The molecule has 0 radical (unpaired) electrons. The summed E-state index contributed by atoms with van der Waals surface area (Å²) >= 11 is 13.1. The number of benzene rings is 1. The number of hydrogen-bond acceptors (Lipinski definition) is 5. The molecule has 24 heavy (non-hydrogen) atoms. The van der Waals surface area contributed by atoms with Gasteiger partial charge in [-0.15, -0.1) is 0 Å². The van der Waals surface area contributed by atoms with Crippen LogP contribution in [-0.2, 0) is 4.79 Å². The highest BCUT2D eigenvalue weighted by molar-refractivity contribution is 8.14. The van der Waals surface area contributed by atoms with Gasteiger partial charge in [0.25, 0.3) is 5.91 Å². The van der Waals surface area contributed by atoms with Gasteiger partial charge in [0.15, 0.2) is 0 Å². The first-order valence-corrected chi connectivity index (χ1v) is 8.83. The lowest BCUT2D eigenvalue weighted by molar-refractivity contribution is -0.112. The van der Waals surface area contributed by atoms with Crippen LogP contribution in [0.3, 0.4) is 0 Å². The van der Waals surface area contributed by atoms with Crippen molar-refractivity contribution in [1.82, 2.24) is 10.3 Å². The highest BCUT2D eigenvalue weighted by Gasteiger charge is 2.27. The van der Waals surface area contributed by atoms with Crippen molar-refractivity contribution >= 4 is 46.0 Å². The van der Waals surface area contributed by atoms with Crippen LogP contribution in [-0.4, -0.2) is 27.8 Å². The molecule has 1 aliphatic heterocycles. The number of hydrogen-bond donors (Lipinski definition) is 1. The standard InChI is InChI=1S/C16H12Cl2N2O3S/c17-10-2-3-13(11(18)7-10)23-14-4-1-9(8-19-14)15(21)20-12-5-6-24-16(12)22/h1-4,7-8,12H,5-6H2,(H,20,21). The molecule has 1 unspecified atom stereocenters. The maximum absolute atomic E-state index is 12.1. The van der Waals surface area contributed by atoms with Crippen LogP contribution in [0.2, 0.25) is 10.0 Å². The molecule has 1 N–H and O–H groups in total. The van der Waals surface area contributed by atoms with Gasteiger partial charge in [-0.25, -0.2) is 4.98 Å². The van der Waals surface area contributed by atoms with Crippen molar-refractivity contribution in [3.63, 3.8) is 0 Å². The Kier molecular flexibility index (Phi) is 5.28. The van der Waals surface area contributed by atoms with E-state index >= 15 is 0 Å². The van der Waals surface area contributed by atoms with E-state index in [0.717, 1.165) is 5.75 Å². The first-order chi connectivity index (χ1) is 11.5. The van der Waals surface area contributed by atoms with Crippen LogP contribution in [0.4, 0.5) is 0 Å². The first-order valence-electron chi connectivity index (χ1n) is 7.09. The topological polar surface area (TPSA) is 68.3 Å². The molecule has 2 aromatic rings. The summed E-state index contributed by atoms with van der Waals surface area (Å²) in [6.45, 7) is 0. The summed E-state index contributed by atoms with van der Waals surface area (Å²) in [7, 11) is 0. The normalized spacial score (nSPS) is 16.9. The molecule has 3 rings (SSSR count). The minimum atomic E-state index is -0.425. The monoisotopic (exact) mass is 382 g/mol. The number of amides is 1. The highest BCUT2D eigenvalue weighted by Crippen LogP contribution is 2.30. The SMILES string of the molecule is O=C(NC1CCSC1=O)c1ccc(Oc2ccc(Cl)cc2Cl)nc1. The predicted molar refractivity (Wildman–Crippen MR) is 94.1 cm³/mol. The van der Waals surface area contributed by atoms with Crippen molar-refractivity contribution in [2.75, 3.05) is 5.75 Å². The third kappa shape index (κ3) is 4.01. The van der Waals surface area contributed by atoms with Crippen molar-refractivity contribution in [3.8, 4) is 11.6 Å². The lowest BCUT2D eigenvalue weighted by Crippen LogP contribution is -2.37. The number of nitrogens with zero attached hydrogens (tertiary/aromatic N) is 1. The van der Waals surface area contributed by atoms with Crippen molar-refractivity contribution in [1.29, 1.82) is 0 Å². The Morgan fingerprint density at radius 3 is 2.75 bits per heavy atom. The van der Waals surface area contributed by atoms with Crippen molar-refractivity contribution < 1.29 is 14.3 Å². The van der Waals surface area contributed by atoms with E-state index in [1.54, 1.807) is 30.3 Å². The fourth-order valence-electron chi connectivity index (χ4n) is 2.11. The van der Waals surface area contributed by atoms with E-state index in [4.69, 9.17) is 27.9 Å². The molecule has 5 nitrogen and oxygen atoms in total. The van der Waals surface area contributed by atoms with Gasteiger partial charge < -0.3 is 10.1 Å². The smallest absolute Gasteiger partial charge is 0.253 e. The van der Waals surface area contributed by atoms with Crippen molar-refractivity contribution in [2.24, 2.45) is 0 Å². The third-order valence-electron chi connectivity index (χ3n) is 3.35. The average molecular weight is 383 g/mol. The number of carbonyl (C=O) groups excluding carboxylic acids is 2. The van der Waals surface area contributed by atoms with Crippen LogP contribution in [0.15, 0.2) is 36.5 Å².